The third-order valence-corrected chi connectivity index (χ3v) is 9.02. The van der Waals surface area contributed by atoms with Gasteiger partial charge in [-0.3, -0.25) is 9.59 Å². The van der Waals surface area contributed by atoms with Gasteiger partial charge < -0.3 is 4.90 Å². The molecule has 1 amide bonds. The lowest BCUT2D eigenvalue weighted by atomic mass is 10.1. The van der Waals surface area contributed by atoms with Gasteiger partial charge in [0.2, 0.25) is 5.91 Å². The Labute approximate surface area is 175 Å². The van der Waals surface area contributed by atoms with Crippen LogP contribution < -0.4 is 0 Å². The van der Waals surface area contributed by atoms with Crippen molar-refractivity contribution in [2.45, 2.75) is 17.1 Å². The molecule has 0 atom stereocenters. The summed E-state index contributed by atoms with van der Waals surface area (Å²) in [7, 11) is -3.59. The lowest BCUT2D eigenvalue weighted by molar-refractivity contribution is -0.132. The lowest BCUT2D eigenvalue weighted by Crippen LogP contribution is -2.50. The third-order valence-electron chi connectivity index (χ3n) is 4.15. The summed E-state index contributed by atoms with van der Waals surface area (Å²) in [5, 5.41) is 0. The van der Waals surface area contributed by atoms with Crippen LogP contribution in [0, 0.1) is 0 Å². The number of carbonyl (C=O) groups excluding carboxylic acids is 2. The van der Waals surface area contributed by atoms with Crippen molar-refractivity contribution in [3.63, 3.8) is 0 Å². The maximum atomic E-state index is 12.6. The lowest BCUT2D eigenvalue weighted by Gasteiger charge is -2.33. The minimum absolute atomic E-state index is 0.0988. The van der Waals surface area contributed by atoms with Gasteiger partial charge in [0.25, 0.3) is 10.0 Å². The molecule has 2 aromatic heterocycles. The number of nitrogens with zero attached hydrogens (tertiary/aromatic N) is 2. The van der Waals surface area contributed by atoms with Gasteiger partial charge >= 0.3 is 0 Å². The largest absolute Gasteiger partial charge is 0.340 e. The van der Waals surface area contributed by atoms with Crippen molar-refractivity contribution < 1.29 is 18.0 Å². The van der Waals surface area contributed by atoms with E-state index in [1.54, 1.807) is 23.1 Å². The monoisotopic (exact) mass is 466 g/mol. The molecule has 0 aromatic carbocycles. The summed E-state index contributed by atoms with van der Waals surface area (Å²) in [5.74, 6) is -0.266. The fourth-order valence-electron chi connectivity index (χ4n) is 2.71. The number of hydrogen-bond acceptors (Lipinski definition) is 6. The summed E-state index contributed by atoms with van der Waals surface area (Å²) in [6, 6.07) is 6.35. The molecular formula is C16H16Cl2N2O4S3. The molecule has 0 N–H and O–H groups in total. The third kappa shape index (κ3) is 4.90. The molecule has 0 aliphatic carbocycles. The average molecular weight is 467 g/mol. The molecular weight excluding hydrogens is 451 g/mol. The van der Waals surface area contributed by atoms with Crippen LogP contribution in [0.1, 0.15) is 22.5 Å². The summed E-state index contributed by atoms with van der Waals surface area (Å²) in [6.45, 7) is 1.04. The normalized spacial score (nSPS) is 15.9. The zero-order valence-corrected chi connectivity index (χ0v) is 18.0. The first-order chi connectivity index (χ1) is 12.8. The minimum Gasteiger partial charge on any atom is -0.340 e. The van der Waals surface area contributed by atoms with Gasteiger partial charge in [0, 0.05) is 39.0 Å². The van der Waals surface area contributed by atoms with Crippen LogP contribution in [0.2, 0.25) is 8.67 Å². The number of piperazine rings is 1. The number of carbonyl (C=O) groups is 2. The molecule has 1 saturated heterocycles. The molecule has 1 aliphatic heterocycles. The highest BCUT2D eigenvalue weighted by molar-refractivity contribution is 7.91. The Kier molecular flexibility index (Phi) is 6.60. The summed E-state index contributed by atoms with van der Waals surface area (Å²) in [4.78, 5) is 26.5. The van der Waals surface area contributed by atoms with E-state index in [0.717, 1.165) is 11.3 Å². The Morgan fingerprint density at radius 2 is 1.56 bits per heavy atom. The number of ketones is 1. The highest BCUT2D eigenvalue weighted by Crippen LogP contribution is 2.28. The molecule has 1 fully saturated rings. The van der Waals surface area contributed by atoms with Gasteiger partial charge in [0.05, 0.1) is 13.5 Å². The highest BCUT2D eigenvalue weighted by atomic mass is 35.5. The predicted molar refractivity (Wildman–Crippen MR) is 108 cm³/mol. The first kappa shape index (κ1) is 20.8. The number of amides is 1. The van der Waals surface area contributed by atoms with E-state index in [0.29, 0.717) is 26.6 Å². The number of Topliss-reactive ketones (excluding diaryl/α,β-unsaturated/α-hetero) is 1. The summed E-state index contributed by atoms with van der Waals surface area (Å²) in [5.41, 5.74) is 0. The fourth-order valence-corrected chi connectivity index (χ4v) is 6.78. The maximum absolute atomic E-state index is 12.6. The van der Waals surface area contributed by atoms with Gasteiger partial charge in [0.1, 0.15) is 4.21 Å². The Morgan fingerprint density at radius 3 is 2.11 bits per heavy atom. The van der Waals surface area contributed by atoms with Crippen molar-refractivity contribution in [2.24, 2.45) is 0 Å². The van der Waals surface area contributed by atoms with E-state index < -0.39 is 10.0 Å². The van der Waals surface area contributed by atoms with Crippen LogP contribution in [0.4, 0.5) is 0 Å². The quantitative estimate of drug-likeness (QED) is 0.609. The maximum Gasteiger partial charge on any atom is 0.252 e. The fraction of sp³-hybridized carbons (Fsp3) is 0.375. The summed E-state index contributed by atoms with van der Waals surface area (Å²) < 4.78 is 27.7. The number of halogens is 2. The molecule has 0 spiro atoms. The van der Waals surface area contributed by atoms with Crippen LogP contribution in [0.25, 0.3) is 0 Å². The van der Waals surface area contributed by atoms with Gasteiger partial charge in [-0.2, -0.15) is 4.31 Å². The Morgan fingerprint density at radius 1 is 0.926 bits per heavy atom. The van der Waals surface area contributed by atoms with Crippen molar-refractivity contribution in [3.05, 3.63) is 37.8 Å². The van der Waals surface area contributed by atoms with Crippen LogP contribution in [-0.2, 0) is 14.8 Å². The second kappa shape index (κ2) is 8.59. The topological polar surface area (TPSA) is 74.8 Å². The zero-order chi connectivity index (χ0) is 19.6. The first-order valence-corrected chi connectivity index (χ1v) is 11.9. The van der Waals surface area contributed by atoms with Crippen molar-refractivity contribution in [1.82, 2.24) is 9.21 Å². The first-order valence-electron chi connectivity index (χ1n) is 8.09. The highest BCUT2D eigenvalue weighted by Gasteiger charge is 2.31. The van der Waals surface area contributed by atoms with E-state index in [1.165, 1.54) is 21.7 Å². The Bertz CT molecular complexity index is 947. The van der Waals surface area contributed by atoms with Crippen molar-refractivity contribution in [2.75, 3.05) is 26.2 Å². The van der Waals surface area contributed by atoms with E-state index in [1.807, 2.05) is 0 Å². The average Bonchev–Trinajstić information content (AvgIpc) is 3.28. The molecule has 11 heteroatoms. The van der Waals surface area contributed by atoms with E-state index in [4.69, 9.17) is 23.2 Å². The van der Waals surface area contributed by atoms with E-state index in [9.17, 15) is 18.0 Å². The number of thiophene rings is 2. The van der Waals surface area contributed by atoms with Crippen molar-refractivity contribution in [3.8, 4) is 0 Å². The number of rotatable bonds is 6. The van der Waals surface area contributed by atoms with E-state index >= 15 is 0 Å². The second-order valence-electron chi connectivity index (χ2n) is 5.87. The van der Waals surface area contributed by atoms with Crippen LogP contribution in [0.5, 0.6) is 0 Å². The van der Waals surface area contributed by atoms with Crippen molar-refractivity contribution in [1.29, 1.82) is 0 Å². The van der Waals surface area contributed by atoms with Gasteiger partial charge in [-0.15, -0.1) is 22.7 Å². The van der Waals surface area contributed by atoms with Gasteiger partial charge in [-0.1, -0.05) is 23.2 Å². The molecule has 0 radical (unpaired) electrons. The summed E-state index contributed by atoms with van der Waals surface area (Å²) >= 11 is 13.9. The van der Waals surface area contributed by atoms with Crippen molar-refractivity contribution >= 4 is 67.6 Å². The molecule has 1 aliphatic rings. The molecule has 2 aromatic rings. The SMILES string of the molecule is O=C(CCC(=O)N1CCN(S(=O)(=O)c2ccc(Cl)s2)CC1)c1ccc(Cl)s1. The van der Waals surface area contributed by atoms with E-state index in [2.05, 4.69) is 0 Å². The van der Waals surface area contributed by atoms with Gasteiger partial charge in [-0.25, -0.2) is 8.42 Å². The molecule has 0 saturated carbocycles. The zero-order valence-electron chi connectivity index (χ0n) is 14.1. The predicted octanol–water partition coefficient (Wildman–Crippen LogP) is 3.61. The Hall–Kier alpha value is -0.970. The summed E-state index contributed by atoms with van der Waals surface area (Å²) in [6.07, 6.45) is 0.212. The molecule has 3 heterocycles. The molecule has 6 nitrogen and oxygen atoms in total. The number of hydrogen-bond donors (Lipinski definition) is 0. The van der Waals surface area contributed by atoms with Crippen LogP contribution in [0.3, 0.4) is 0 Å². The van der Waals surface area contributed by atoms with Gasteiger partial charge in [0.15, 0.2) is 5.78 Å². The molecule has 0 bridgehead atoms. The molecule has 0 unspecified atom stereocenters. The minimum atomic E-state index is -3.59. The van der Waals surface area contributed by atoms with Crippen LogP contribution in [0.15, 0.2) is 28.5 Å². The van der Waals surface area contributed by atoms with Gasteiger partial charge in [-0.05, 0) is 24.3 Å². The standard InChI is InChI=1S/C16H16Cl2N2O4S3/c17-13-3-2-12(25-13)11(21)1-5-15(22)19-7-9-20(10-8-19)27(23,24)16-6-4-14(18)26-16/h2-4,6H,1,5,7-10H2. The van der Waals surface area contributed by atoms with Crippen LogP contribution >= 0.6 is 45.9 Å². The smallest absolute Gasteiger partial charge is 0.252 e. The molecule has 146 valence electrons. The van der Waals surface area contributed by atoms with Crippen LogP contribution in [-0.4, -0.2) is 55.5 Å². The number of sulfonamides is 1. The molecule has 3 rings (SSSR count). The molecule has 27 heavy (non-hydrogen) atoms. The Balaban J connectivity index is 1.51. The van der Waals surface area contributed by atoms with E-state index in [-0.39, 0.29) is 41.8 Å². The second-order valence-corrected chi connectivity index (χ2v) is 11.5.